The van der Waals surface area contributed by atoms with Crippen molar-refractivity contribution in [1.82, 2.24) is 10.2 Å². The van der Waals surface area contributed by atoms with Crippen LogP contribution in [0.4, 0.5) is 0 Å². The number of nitrogens with one attached hydrogen (secondary N) is 1. The summed E-state index contributed by atoms with van der Waals surface area (Å²) in [5.41, 5.74) is 3.90. The van der Waals surface area contributed by atoms with E-state index in [1.807, 2.05) is 6.07 Å². The molecule has 2 heteroatoms. The average Bonchev–Trinajstić information content (AvgIpc) is 2.71. The van der Waals surface area contributed by atoms with Crippen molar-refractivity contribution in [3.63, 3.8) is 0 Å². The van der Waals surface area contributed by atoms with E-state index in [2.05, 4.69) is 41.4 Å². The largest absolute Gasteiger partial charge is 0.282 e. The second-order valence-corrected chi connectivity index (χ2v) is 3.43. The van der Waals surface area contributed by atoms with Crippen LogP contribution in [0.5, 0.6) is 0 Å². The molecule has 0 aliphatic heterocycles. The fourth-order valence-corrected chi connectivity index (χ4v) is 1.56. The van der Waals surface area contributed by atoms with Gasteiger partial charge in [0.05, 0.1) is 0 Å². The third kappa shape index (κ3) is 2.02. The van der Waals surface area contributed by atoms with Gasteiger partial charge in [0.1, 0.15) is 0 Å². The predicted octanol–water partition coefficient (Wildman–Crippen LogP) is 2.56. The van der Waals surface area contributed by atoms with Gasteiger partial charge in [-0.2, -0.15) is 5.10 Å². The number of rotatable bonds is 3. The van der Waals surface area contributed by atoms with Gasteiger partial charge in [-0.25, -0.2) is 0 Å². The van der Waals surface area contributed by atoms with Gasteiger partial charge in [0.15, 0.2) is 0 Å². The fraction of sp³-hybridized carbons (Fsp3) is 0.250. The van der Waals surface area contributed by atoms with Crippen LogP contribution in [0.25, 0.3) is 0 Å². The fourth-order valence-electron chi connectivity index (χ4n) is 1.56. The summed E-state index contributed by atoms with van der Waals surface area (Å²) in [6, 6.07) is 10.7. The summed E-state index contributed by atoms with van der Waals surface area (Å²) in [5.74, 6) is 0. The smallest absolute Gasteiger partial charge is 0.0490 e. The molecular formula is C12H14N2. The summed E-state index contributed by atoms with van der Waals surface area (Å²) in [6.07, 6.45) is 3.82. The Balaban J connectivity index is 2.17. The lowest BCUT2D eigenvalue weighted by atomic mass is 10.1. The van der Waals surface area contributed by atoms with Crippen LogP contribution >= 0.6 is 0 Å². The lowest BCUT2D eigenvalue weighted by Crippen LogP contribution is -1.90. The maximum absolute atomic E-state index is 3.94. The highest BCUT2D eigenvalue weighted by Gasteiger charge is 1.97. The summed E-state index contributed by atoms with van der Waals surface area (Å²) >= 11 is 0. The van der Waals surface area contributed by atoms with Crippen molar-refractivity contribution in [2.24, 2.45) is 0 Å². The highest BCUT2D eigenvalue weighted by Crippen LogP contribution is 2.09. The summed E-state index contributed by atoms with van der Waals surface area (Å²) in [7, 11) is 0. The molecule has 0 aliphatic carbocycles. The Bertz CT molecular complexity index is 390. The molecule has 2 aromatic rings. The molecule has 0 fully saturated rings. The van der Waals surface area contributed by atoms with Crippen LogP contribution in [0.3, 0.4) is 0 Å². The number of nitrogens with zero attached hydrogens (tertiary/aromatic N) is 1. The number of aromatic amines is 1. The van der Waals surface area contributed by atoms with E-state index in [4.69, 9.17) is 0 Å². The van der Waals surface area contributed by atoms with E-state index in [9.17, 15) is 0 Å². The van der Waals surface area contributed by atoms with Gasteiger partial charge in [0, 0.05) is 18.3 Å². The van der Waals surface area contributed by atoms with E-state index in [1.54, 1.807) is 6.20 Å². The Morgan fingerprint density at radius 1 is 1.21 bits per heavy atom. The van der Waals surface area contributed by atoms with E-state index in [0.29, 0.717) is 0 Å². The molecular weight excluding hydrogens is 172 g/mol. The monoisotopic (exact) mass is 186 g/mol. The van der Waals surface area contributed by atoms with Crippen LogP contribution in [-0.4, -0.2) is 10.2 Å². The number of H-pyrrole nitrogens is 1. The molecule has 1 N–H and O–H groups in total. The first kappa shape index (κ1) is 9.00. The Morgan fingerprint density at radius 2 is 2.07 bits per heavy atom. The molecule has 0 unspecified atom stereocenters. The minimum Gasteiger partial charge on any atom is -0.282 e. The highest BCUT2D eigenvalue weighted by molar-refractivity contribution is 5.26. The number of hydrogen-bond donors (Lipinski definition) is 1. The van der Waals surface area contributed by atoms with Gasteiger partial charge in [-0.15, -0.1) is 0 Å². The average molecular weight is 186 g/mol. The highest BCUT2D eigenvalue weighted by atomic mass is 15.1. The molecule has 0 radical (unpaired) electrons. The third-order valence-corrected chi connectivity index (χ3v) is 2.35. The second-order valence-electron chi connectivity index (χ2n) is 3.43. The first-order valence-electron chi connectivity index (χ1n) is 4.94. The predicted molar refractivity (Wildman–Crippen MR) is 57.2 cm³/mol. The molecule has 1 aromatic carbocycles. The molecule has 2 rings (SSSR count). The zero-order valence-corrected chi connectivity index (χ0v) is 8.33. The minimum atomic E-state index is 0.938. The van der Waals surface area contributed by atoms with Crippen LogP contribution in [0.15, 0.2) is 36.5 Å². The lowest BCUT2D eigenvalue weighted by Gasteiger charge is -2.01. The van der Waals surface area contributed by atoms with Crippen molar-refractivity contribution in [2.45, 2.75) is 19.8 Å². The SMILES string of the molecule is CCc1cccc(Cc2ccn[nH]2)c1. The quantitative estimate of drug-likeness (QED) is 0.784. The normalized spacial score (nSPS) is 10.4. The van der Waals surface area contributed by atoms with Gasteiger partial charge in [-0.3, -0.25) is 5.10 Å². The van der Waals surface area contributed by atoms with E-state index < -0.39 is 0 Å². The summed E-state index contributed by atoms with van der Waals surface area (Å²) in [6.45, 7) is 2.18. The maximum atomic E-state index is 3.94. The van der Waals surface area contributed by atoms with Crippen molar-refractivity contribution in [3.05, 3.63) is 53.3 Å². The molecule has 0 atom stereocenters. The van der Waals surface area contributed by atoms with Gasteiger partial charge in [-0.1, -0.05) is 31.2 Å². The topological polar surface area (TPSA) is 28.7 Å². The molecule has 0 bridgehead atoms. The van der Waals surface area contributed by atoms with Crippen molar-refractivity contribution in [3.8, 4) is 0 Å². The number of aromatic nitrogens is 2. The first-order chi connectivity index (χ1) is 6.88. The van der Waals surface area contributed by atoms with Gasteiger partial charge in [-0.05, 0) is 23.6 Å². The van der Waals surface area contributed by atoms with E-state index in [1.165, 1.54) is 16.8 Å². The van der Waals surface area contributed by atoms with Crippen LogP contribution in [0.1, 0.15) is 23.7 Å². The Morgan fingerprint density at radius 3 is 2.79 bits per heavy atom. The van der Waals surface area contributed by atoms with Crippen LogP contribution in [-0.2, 0) is 12.8 Å². The molecule has 0 saturated carbocycles. The van der Waals surface area contributed by atoms with Gasteiger partial charge in [0.25, 0.3) is 0 Å². The molecule has 0 spiro atoms. The molecule has 72 valence electrons. The second kappa shape index (κ2) is 4.09. The lowest BCUT2D eigenvalue weighted by molar-refractivity contribution is 0.992. The standard InChI is InChI=1S/C12H14N2/c1-2-10-4-3-5-11(8-10)9-12-6-7-13-14-12/h3-8H,2,9H2,1H3,(H,13,14). The zero-order chi connectivity index (χ0) is 9.80. The van der Waals surface area contributed by atoms with Gasteiger partial charge < -0.3 is 0 Å². The van der Waals surface area contributed by atoms with E-state index >= 15 is 0 Å². The maximum Gasteiger partial charge on any atom is 0.0490 e. The van der Waals surface area contributed by atoms with Crippen LogP contribution in [0, 0.1) is 0 Å². The molecule has 0 saturated heterocycles. The van der Waals surface area contributed by atoms with Gasteiger partial charge in [0.2, 0.25) is 0 Å². The number of aryl methyl sites for hydroxylation is 1. The number of hydrogen-bond acceptors (Lipinski definition) is 1. The van der Waals surface area contributed by atoms with Crippen LogP contribution in [0.2, 0.25) is 0 Å². The van der Waals surface area contributed by atoms with Gasteiger partial charge >= 0.3 is 0 Å². The molecule has 0 aliphatic rings. The first-order valence-corrected chi connectivity index (χ1v) is 4.94. The van der Waals surface area contributed by atoms with Crippen LogP contribution < -0.4 is 0 Å². The van der Waals surface area contributed by atoms with E-state index in [-0.39, 0.29) is 0 Å². The van der Waals surface area contributed by atoms with Crippen molar-refractivity contribution >= 4 is 0 Å². The minimum absolute atomic E-state index is 0.938. The molecule has 1 heterocycles. The Hall–Kier alpha value is -1.57. The Kier molecular flexibility index (Phi) is 2.63. The summed E-state index contributed by atoms with van der Waals surface area (Å²) < 4.78 is 0. The number of benzene rings is 1. The molecule has 0 amide bonds. The molecule has 1 aromatic heterocycles. The summed E-state index contributed by atoms with van der Waals surface area (Å²) in [4.78, 5) is 0. The van der Waals surface area contributed by atoms with Crippen molar-refractivity contribution < 1.29 is 0 Å². The zero-order valence-electron chi connectivity index (χ0n) is 8.33. The summed E-state index contributed by atoms with van der Waals surface area (Å²) in [5, 5.41) is 6.91. The van der Waals surface area contributed by atoms with Crippen molar-refractivity contribution in [1.29, 1.82) is 0 Å². The molecule has 2 nitrogen and oxygen atoms in total. The third-order valence-electron chi connectivity index (χ3n) is 2.35. The Labute approximate surface area is 84.0 Å². The molecule has 14 heavy (non-hydrogen) atoms. The van der Waals surface area contributed by atoms with Crippen molar-refractivity contribution in [2.75, 3.05) is 0 Å². The van der Waals surface area contributed by atoms with E-state index in [0.717, 1.165) is 12.8 Å².